The molecule has 4 aliphatic rings. The predicted molar refractivity (Wildman–Crippen MR) is 109 cm³/mol. The van der Waals surface area contributed by atoms with Crippen molar-refractivity contribution >= 4 is 28.0 Å². The molecule has 0 heterocycles. The van der Waals surface area contributed by atoms with Crippen LogP contribution >= 0.6 is 15.9 Å². The van der Waals surface area contributed by atoms with E-state index in [2.05, 4.69) is 21.2 Å². The average molecular weight is 450 g/mol. The molecule has 6 heteroatoms. The van der Waals surface area contributed by atoms with E-state index in [0.717, 1.165) is 21.9 Å². The summed E-state index contributed by atoms with van der Waals surface area (Å²) in [6.07, 6.45) is 5.89. The molecule has 4 saturated carbocycles. The molecule has 1 atom stereocenters. The normalized spacial score (nSPS) is 32.5. The molecule has 1 aromatic carbocycles. The van der Waals surface area contributed by atoms with Gasteiger partial charge < -0.3 is 14.8 Å². The van der Waals surface area contributed by atoms with Gasteiger partial charge in [-0.15, -0.1) is 0 Å². The molecule has 1 unspecified atom stereocenters. The lowest BCUT2D eigenvalue weighted by Gasteiger charge is -2.53. The minimum Gasteiger partial charge on any atom is -0.467 e. The van der Waals surface area contributed by atoms with Gasteiger partial charge in [-0.05, 0) is 80.4 Å². The van der Waals surface area contributed by atoms with Gasteiger partial charge in [0.15, 0.2) is 0 Å². The number of hydrogen-bond acceptors (Lipinski definition) is 4. The lowest BCUT2D eigenvalue weighted by molar-refractivity contribution is -0.148. The Kier molecular flexibility index (Phi) is 5.43. The van der Waals surface area contributed by atoms with E-state index in [9.17, 15) is 9.59 Å². The monoisotopic (exact) mass is 449 g/mol. The number of rotatable bonds is 5. The van der Waals surface area contributed by atoms with Crippen LogP contribution in [0.3, 0.4) is 0 Å². The van der Waals surface area contributed by atoms with Crippen LogP contribution in [-0.4, -0.2) is 30.8 Å². The molecule has 5 nitrogen and oxygen atoms in total. The maximum Gasteiger partial charge on any atom is 0.408 e. The number of halogens is 1. The van der Waals surface area contributed by atoms with Crippen molar-refractivity contribution in [3.05, 3.63) is 34.3 Å². The van der Waals surface area contributed by atoms with Gasteiger partial charge >= 0.3 is 12.1 Å². The first-order valence-corrected chi connectivity index (χ1v) is 11.0. The van der Waals surface area contributed by atoms with E-state index in [-0.39, 0.29) is 6.10 Å². The quantitative estimate of drug-likeness (QED) is 0.673. The van der Waals surface area contributed by atoms with Crippen molar-refractivity contribution in [1.82, 2.24) is 5.32 Å². The fourth-order valence-corrected chi connectivity index (χ4v) is 6.11. The number of esters is 1. The Morgan fingerprint density at radius 2 is 1.64 bits per heavy atom. The number of benzene rings is 1. The highest BCUT2D eigenvalue weighted by Crippen LogP contribution is 2.54. The van der Waals surface area contributed by atoms with Crippen LogP contribution in [0.25, 0.3) is 0 Å². The minimum absolute atomic E-state index is 0.0117. The van der Waals surface area contributed by atoms with E-state index >= 15 is 0 Å². The van der Waals surface area contributed by atoms with E-state index in [1.54, 1.807) is 6.92 Å². The van der Waals surface area contributed by atoms with Gasteiger partial charge in [0.05, 0.1) is 7.11 Å². The summed E-state index contributed by atoms with van der Waals surface area (Å²) in [6.45, 7) is 1.69. The molecule has 0 aromatic heterocycles. The highest BCUT2D eigenvalue weighted by Gasteiger charge is 2.50. The van der Waals surface area contributed by atoms with Gasteiger partial charge in [0.1, 0.15) is 11.6 Å². The van der Waals surface area contributed by atoms with E-state index in [1.807, 2.05) is 24.3 Å². The van der Waals surface area contributed by atoms with Crippen molar-refractivity contribution < 1.29 is 19.1 Å². The maximum atomic E-state index is 12.8. The summed E-state index contributed by atoms with van der Waals surface area (Å²) in [5, 5.41) is 2.82. The zero-order valence-electron chi connectivity index (χ0n) is 16.4. The van der Waals surface area contributed by atoms with Crippen molar-refractivity contribution in [2.45, 2.75) is 57.1 Å². The maximum absolute atomic E-state index is 12.8. The van der Waals surface area contributed by atoms with Crippen molar-refractivity contribution in [3.63, 3.8) is 0 Å². The molecule has 1 amide bonds. The smallest absolute Gasteiger partial charge is 0.408 e. The Morgan fingerprint density at radius 3 is 2.18 bits per heavy atom. The molecule has 28 heavy (non-hydrogen) atoms. The van der Waals surface area contributed by atoms with Crippen molar-refractivity contribution in [1.29, 1.82) is 0 Å². The summed E-state index contributed by atoms with van der Waals surface area (Å²) in [4.78, 5) is 25.2. The van der Waals surface area contributed by atoms with Crippen LogP contribution in [0.4, 0.5) is 4.79 Å². The van der Waals surface area contributed by atoms with Crippen LogP contribution in [0.1, 0.15) is 44.6 Å². The van der Waals surface area contributed by atoms with Gasteiger partial charge in [0, 0.05) is 10.9 Å². The zero-order chi connectivity index (χ0) is 19.9. The summed E-state index contributed by atoms with van der Waals surface area (Å²) < 4.78 is 11.9. The van der Waals surface area contributed by atoms with E-state index in [4.69, 9.17) is 9.47 Å². The molecular weight excluding hydrogens is 422 g/mol. The Bertz CT molecular complexity index is 721. The Morgan fingerprint density at radius 1 is 1.07 bits per heavy atom. The molecule has 4 aliphatic carbocycles. The van der Waals surface area contributed by atoms with Crippen LogP contribution in [0.5, 0.6) is 0 Å². The fraction of sp³-hybridized carbons (Fsp3) is 0.636. The molecule has 1 aromatic rings. The van der Waals surface area contributed by atoms with Crippen LogP contribution in [-0.2, 0) is 20.7 Å². The summed E-state index contributed by atoms with van der Waals surface area (Å²) in [6, 6.07) is 7.69. The fourth-order valence-electron chi connectivity index (χ4n) is 5.85. The third kappa shape index (κ3) is 3.93. The largest absolute Gasteiger partial charge is 0.467 e. The van der Waals surface area contributed by atoms with Crippen molar-refractivity contribution in [2.75, 3.05) is 7.11 Å². The number of carbonyl (C=O) groups excluding carboxylic acids is 2. The number of nitrogens with one attached hydrogen (secondary N) is 1. The molecule has 0 radical (unpaired) electrons. The second kappa shape index (κ2) is 7.69. The molecule has 0 aliphatic heterocycles. The summed E-state index contributed by atoms with van der Waals surface area (Å²) >= 11 is 3.41. The molecule has 0 saturated heterocycles. The molecule has 0 spiro atoms. The second-order valence-corrected chi connectivity index (χ2v) is 9.97. The minimum atomic E-state index is -1.18. The van der Waals surface area contributed by atoms with Crippen LogP contribution < -0.4 is 5.32 Å². The molecule has 5 rings (SSSR count). The zero-order valence-corrected chi connectivity index (χ0v) is 18.0. The number of ether oxygens (including phenoxy) is 2. The van der Waals surface area contributed by atoms with Gasteiger partial charge in [-0.2, -0.15) is 0 Å². The van der Waals surface area contributed by atoms with E-state index in [1.165, 1.54) is 39.2 Å². The van der Waals surface area contributed by atoms with Gasteiger partial charge in [0.2, 0.25) is 0 Å². The average Bonchev–Trinajstić information content (AvgIpc) is 2.65. The number of carbonyl (C=O) groups is 2. The number of alkyl carbamates (subject to hydrolysis) is 1. The van der Waals surface area contributed by atoms with E-state index < -0.39 is 17.6 Å². The highest BCUT2D eigenvalue weighted by molar-refractivity contribution is 9.10. The Balaban J connectivity index is 1.43. The standard InChI is InChI=1S/C22H28BrNO4/c1-22(20(25)27-2,12-13-3-5-18(23)6-4-13)24-21(26)28-19-16-8-14-7-15(10-16)11-17(19)9-14/h3-6,14-17,19H,7-12H2,1-2H3,(H,24,26). The molecule has 4 fully saturated rings. The number of methoxy groups -OCH3 is 1. The predicted octanol–water partition coefficient (Wildman–Crippen LogP) is 4.47. The lowest BCUT2D eigenvalue weighted by atomic mass is 9.55. The lowest BCUT2D eigenvalue weighted by Crippen LogP contribution is -2.57. The first-order chi connectivity index (χ1) is 13.4. The van der Waals surface area contributed by atoms with Crippen LogP contribution in [0.2, 0.25) is 0 Å². The topological polar surface area (TPSA) is 64.6 Å². The SMILES string of the molecule is COC(=O)C(C)(Cc1ccc(Br)cc1)NC(=O)OC1C2CC3CC(C2)CC1C3. The van der Waals surface area contributed by atoms with Gasteiger partial charge in [-0.3, -0.25) is 0 Å². The third-order valence-electron chi connectivity index (χ3n) is 6.87. The molecule has 4 bridgehead atoms. The van der Waals surface area contributed by atoms with Crippen molar-refractivity contribution in [3.8, 4) is 0 Å². The molecule has 1 N–H and O–H groups in total. The van der Waals surface area contributed by atoms with Gasteiger partial charge in [-0.25, -0.2) is 9.59 Å². The van der Waals surface area contributed by atoms with Crippen molar-refractivity contribution in [2.24, 2.45) is 23.7 Å². The Hall–Kier alpha value is -1.56. The van der Waals surface area contributed by atoms with Gasteiger partial charge in [0.25, 0.3) is 0 Å². The second-order valence-electron chi connectivity index (χ2n) is 9.05. The Labute approximate surface area is 174 Å². The first kappa shape index (κ1) is 19.7. The van der Waals surface area contributed by atoms with Gasteiger partial charge in [-0.1, -0.05) is 28.1 Å². The van der Waals surface area contributed by atoms with Crippen LogP contribution in [0, 0.1) is 23.7 Å². The summed E-state index contributed by atoms with van der Waals surface area (Å²) in [5.41, 5.74) is -0.239. The number of amides is 1. The first-order valence-electron chi connectivity index (χ1n) is 10.2. The summed E-state index contributed by atoms with van der Waals surface area (Å²) in [5.74, 6) is 2.14. The highest BCUT2D eigenvalue weighted by atomic mass is 79.9. The third-order valence-corrected chi connectivity index (χ3v) is 7.40. The van der Waals surface area contributed by atoms with Crippen LogP contribution in [0.15, 0.2) is 28.7 Å². The summed E-state index contributed by atoms with van der Waals surface area (Å²) in [7, 11) is 1.34. The molecular formula is C22H28BrNO4. The number of hydrogen-bond donors (Lipinski definition) is 1. The molecule has 152 valence electrons. The van der Waals surface area contributed by atoms with E-state index in [0.29, 0.717) is 18.3 Å².